The van der Waals surface area contributed by atoms with E-state index in [4.69, 9.17) is 10.00 Å². The average molecular weight is 270 g/mol. The van der Waals surface area contributed by atoms with Crippen LogP contribution in [0.3, 0.4) is 0 Å². The van der Waals surface area contributed by atoms with Gasteiger partial charge in [-0.2, -0.15) is 18.4 Å². The van der Waals surface area contributed by atoms with E-state index in [9.17, 15) is 13.2 Å². The van der Waals surface area contributed by atoms with Gasteiger partial charge in [-0.15, -0.1) is 0 Å². The van der Waals surface area contributed by atoms with E-state index in [-0.39, 0.29) is 23.5 Å². The predicted molar refractivity (Wildman–Crippen MR) is 61.3 cm³/mol. The Hall–Kier alpha value is -1.77. The summed E-state index contributed by atoms with van der Waals surface area (Å²) in [5.74, 6) is 0.0652. The maximum atomic E-state index is 12.5. The van der Waals surface area contributed by atoms with E-state index in [1.165, 1.54) is 0 Å². The molecule has 0 aliphatic heterocycles. The molecule has 1 fully saturated rings. The lowest BCUT2D eigenvalue weighted by Crippen LogP contribution is -2.11. The Kier molecular flexibility index (Phi) is 3.17. The topological polar surface area (TPSA) is 45.9 Å². The van der Waals surface area contributed by atoms with Gasteiger partial charge in [0.25, 0.3) is 0 Å². The Labute approximate surface area is 109 Å². The molecule has 1 heterocycles. The second-order valence-electron chi connectivity index (χ2n) is 5.36. The number of halogens is 3. The maximum absolute atomic E-state index is 12.5. The van der Waals surface area contributed by atoms with Crippen molar-refractivity contribution in [2.24, 2.45) is 11.3 Å². The van der Waals surface area contributed by atoms with Crippen LogP contribution in [0, 0.1) is 22.7 Å². The quantitative estimate of drug-likeness (QED) is 0.845. The molecule has 0 N–H and O–H groups in total. The molecular weight excluding hydrogens is 257 g/mol. The van der Waals surface area contributed by atoms with Crippen molar-refractivity contribution < 1.29 is 17.9 Å². The number of nitriles is 1. The minimum atomic E-state index is -4.54. The van der Waals surface area contributed by atoms with Gasteiger partial charge in [0, 0.05) is 0 Å². The maximum Gasteiger partial charge on any atom is 0.433 e. The van der Waals surface area contributed by atoms with Gasteiger partial charge in [-0.05, 0) is 29.9 Å². The van der Waals surface area contributed by atoms with Gasteiger partial charge in [0.2, 0.25) is 5.88 Å². The minimum Gasteiger partial charge on any atom is -0.476 e. The van der Waals surface area contributed by atoms with Crippen LogP contribution in [0.4, 0.5) is 13.2 Å². The van der Waals surface area contributed by atoms with Crippen molar-refractivity contribution in [2.45, 2.75) is 26.4 Å². The fourth-order valence-electron chi connectivity index (χ4n) is 1.83. The number of nitrogens with zero attached hydrogens (tertiary/aromatic N) is 2. The van der Waals surface area contributed by atoms with Crippen LogP contribution in [-0.4, -0.2) is 11.6 Å². The van der Waals surface area contributed by atoms with Crippen LogP contribution >= 0.6 is 0 Å². The molecule has 2 rings (SSSR count). The molecule has 0 bridgehead atoms. The van der Waals surface area contributed by atoms with Crippen LogP contribution in [0.25, 0.3) is 0 Å². The van der Waals surface area contributed by atoms with Gasteiger partial charge in [0.1, 0.15) is 17.3 Å². The molecule has 1 aliphatic carbocycles. The predicted octanol–water partition coefficient (Wildman–Crippen LogP) is 3.40. The molecule has 1 unspecified atom stereocenters. The zero-order valence-corrected chi connectivity index (χ0v) is 10.6. The SMILES string of the molecule is CC1(C)CC1COc1nc(C(F)(F)F)ccc1C#N. The van der Waals surface area contributed by atoms with Gasteiger partial charge in [0.05, 0.1) is 6.61 Å². The number of hydrogen-bond acceptors (Lipinski definition) is 3. The van der Waals surface area contributed by atoms with E-state index < -0.39 is 11.9 Å². The molecule has 0 radical (unpaired) electrons. The average Bonchev–Trinajstić information content (AvgIpc) is 2.93. The number of hydrogen-bond donors (Lipinski definition) is 0. The highest BCUT2D eigenvalue weighted by Crippen LogP contribution is 2.51. The van der Waals surface area contributed by atoms with E-state index in [1.54, 1.807) is 6.07 Å². The van der Waals surface area contributed by atoms with Gasteiger partial charge in [-0.25, -0.2) is 4.98 Å². The summed E-state index contributed by atoms with van der Waals surface area (Å²) in [5.41, 5.74) is -0.864. The molecule has 0 amide bonds. The van der Waals surface area contributed by atoms with Crippen LogP contribution in [0.2, 0.25) is 0 Å². The molecule has 102 valence electrons. The van der Waals surface area contributed by atoms with Crippen LogP contribution in [0.15, 0.2) is 12.1 Å². The number of aromatic nitrogens is 1. The van der Waals surface area contributed by atoms with Crippen LogP contribution in [-0.2, 0) is 6.18 Å². The molecule has 1 aliphatic rings. The summed E-state index contributed by atoms with van der Waals surface area (Å²) in [4.78, 5) is 3.39. The summed E-state index contributed by atoms with van der Waals surface area (Å²) < 4.78 is 42.9. The number of rotatable bonds is 3. The Morgan fingerprint density at radius 3 is 2.58 bits per heavy atom. The summed E-state index contributed by atoms with van der Waals surface area (Å²) in [6.07, 6.45) is -3.57. The molecule has 0 aromatic carbocycles. The summed E-state index contributed by atoms with van der Waals surface area (Å²) in [6.45, 7) is 4.41. The molecule has 3 nitrogen and oxygen atoms in total. The zero-order valence-electron chi connectivity index (χ0n) is 10.6. The van der Waals surface area contributed by atoms with E-state index in [1.807, 2.05) is 0 Å². The standard InChI is InChI=1S/C13H13F3N2O/c1-12(2)5-9(12)7-19-11-8(6-17)3-4-10(18-11)13(14,15)16/h3-4,9H,5,7H2,1-2H3. The minimum absolute atomic E-state index is 0.0199. The van der Waals surface area contributed by atoms with Crippen molar-refractivity contribution in [3.05, 3.63) is 23.4 Å². The summed E-state index contributed by atoms with van der Waals surface area (Å²) in [7, 11) is 0. The third kappa shape index (κ3) is 2.98. The molecular formula is C13H13F3N2O. The summed E-state index contributed by atoms with van der Waals surface area (Å²) in [6, 6.07) is 3.65. The lowest BCUT2D eigenvalue weighted by molar-refractivity contribution is -0.141. The largest absolute Gasteiger partial charge is 0.476 e. The van der Waals surface area contributed by atoms with Crippen LogP contribution < -0.4 is 4.74 Å². The Morgan fingerprint density at radius 2 is 2.11 bits per heavy atom. The second-order valence-corrected chi connectivity index (χ2v) is 5.36. The third-order valence-electron chi connectivity index (χ3n) is 3.41. The highest BCUT2D eigenvalue weighted by Gasteiger charge is 2.46. The van der Waals surface area contributed by atoms with Gasteiger partial charge < -0.3 is 4.74 Å². The van der Waals surface area contributed by atoms with E-state index in [0.717, 1.165) is 18.6 Å². The second kappa shape index (κ2) is 4.41. The van der Waals surface area contributed by atoms with Gasteiger partial charge in [-0.1, -0.05) is 13.8 Å². The van der Waals surface area contributed by atoms with E-state index in [2.05, 4.69) is 18.8 Å². The number of ether oxygens (including phenoxy) is 1. The normalized spacial score (nSPS) is 20.7. The molecule has 1 aromatic heterocycles. The molecule has 1 saturated carbocycles. The molecule has 19 heavy (non-hydrogen) atoms. The van der Waals surface area contributed by atoms with Crippen molar-refractivity contribution in [3.63, 3.8) is 0 Å². The molecule has 6 heteroatoms. The Morgan fingerprint density at radius 1 is 1.47 bits per heavy atom. The monoisotopic (exact) mass is 270 g/mol. The Bertz CT molecular complexity index is 532. The Balaban J connectivity index is 2.16. The van der Waals surface area contributed by atoms with Gasteiger partial charge in [0.15, 0.2) is 0 Å². The fourth-order valence-corrected chi connectivity index (χ4v) is 1.83. The summed E-state index contributed by atoms with van der Waals surface area (Å²) in [5, 5.41) is 8.84. The first-order valence-corrected chi connectivity index (χ1v) is 5.85. The van der Waals surface area contributed by atoms with Crippen molar-refractivity contribution >= 4 is 0 Å². The van der Waals surface area contributed by atoms with Crippen molar-refractivity contribution in [1.29, 1.82) is 5.26 Å². The highest BCUT2D eigenvalue weighted by atomic mass is 19.4. The fraction of sp³-hybridized carbons (Fsp3) is 0.538. The number of pyridine rings is 1. The van der Waals surface area contributed by atoms with Gasteiger partial charge in [-0.3, -0.25) is 0 Å². The van der Waals surface area contributed by atoms with Crippen molar-refractivity contribution in [1.82, 2.24) is 4.98 Å². The first-order valence-electron chi connectivity index (χ1n) is 5.85. The van der Waals surface area contributed by atoms with Crippen molar-refractivity contribution in [3.8, 4) is 11.9 Å². The lowest BCUT2D eigenvalue weighted by Gasteiger charge is -2.11. The van der Waals surface area contributed by atoms with Gasteiger partial charge >= 0.3 is 6.18 Å². The first-order chi connectivity index (χ1) is 8.74. The van der Waals surface area contributed by atoms with E-state index in [0.29, 0.717) is 5.92 Å². The number of alkyl halides is 3. The molecule has 0 spiro atoms. The lowest BCUT2D eigenvalue weighted by atomic mass is 10.1. The third-order valence-corrected chi connectivity index (χ3v) is 3.41. The molecule has 0 saturated heterocycles. The molecule has 1 aromatic rings. The van der Waals surface area contributed by atoms with Crippen LogP contribution in [0.5, 0.6) is 5.88 Å². The van der Waals surface area contributed by atoms with Crippen molar-refractivity contribution in [2.75, 3.05) is 6.61 Å². The summed E-state index contributed by atoms with van der Waals surface area (Å²) >= 11 is 0. The highest BCUT2D eigenvalue weighted by molar-refractivity contribution is 5.39. The van der Waals surface area contributed by atoms with Crippen LogP contribution in [0.1, 0.15) is 31.5 Å². The zero-order chi connectivity index (χ0) is 14.3. The first kappa shape index (κ1) is 13.7. The molecule has 1 atom stereocenters. The van der Waals surface area contributed by atoms with E-state index >= 15 is 0 Å². The smallest absolute Gasteiger partial charge is 0.433 e.